The molecular weight excluding hydrogens is 300 g/mol. The molecule has 0 aromatic heterocycles. The van der Waals surface area contributed by atoms with Gasteiger partial charge in [-0.15, -0.1) is 0 Å². The first-order chi connectivity index (χ1) is 11.3. The zero-order valence-electron chi connectivity index (χ0n) is 14.8. The number of rotatable bonds is 5. The largest absolute Gasteiger partial charge is 0.490 e. The van der Waals surface area contributed by atoms with Gasteiger partial charge in [0.25, 0.3) is 0 Å². The van der Waals surface area contributed by atoms with Crippen molar-refractivity contribution in [2.24, 2.45) is 0 Å². The number of epoxide rings is 1. The third kappa shape index (κ3) is 3.85. The van der Waals surface area contributed by atoms with Crippen LogP contribution in [0.15, 0.2) is 42.5 Å². The predicted octanol–water partition coefficient (Wildman–Crippen LogP) is 4.30. The molecule has 24 heavy (non-hydrogen) atoms. The number of hydrogen-bond donors (Lipinski definition) is 0. The summed E-state index contributed by atoms with van der Waals surface area (Å²) in [7, 11) is 0. The smallest absolute Gasteiger partial charge is 0.196 e. The van der Waals surface area contributed by atoms with E-state index >= 15 is 0 Å². The second-order valence-corrected chi connectivity index (χ2v) is 7.43. The average molecular weight is 324 g/mol. The van der Waals surface area contributed by atoms with Crippen LogP contribution in [-0.2, 0) is 10.2 Å². The van der Waals surface area contributed by atoms with Gasteiger partial charge in [-0.25, -0.2) is 0 Å². The highest BCUT2D eigenvalue weighted by Crippen LogP contribution is 2.27. The van der Waals surface area contributed by atoms with Gasteiger partial charge < -0.3 is 9.47 Å². The maximum Gasteiger partial charge on any atom is 0.196 e. The Morgan fingerprint density at radius 3 is 2.62 bits per heavy atom. The number of carbonyl (C=O) groups is 1. The molecule has 0 saturated carbocycles. The van der Waals surface area contributed by atoms with Gasteiger partial charge in [0.05, 0.1) is 12.2 Å². The quantitative estimate of drug-likeness (QED) is 0.608. The lowest BCUT2D eigenvalue weighted by molar-refractivity contribution is 0.103. The molecule has 0 N–H and O–H groups in total. The maximum atomic E-state index is 13.0. The molecule has 0 radical (unpaired) electrons. The molecule has 2 aromatic carbocycles. The average Bonchev–Trinajstić information content (AvgIpc) is 3.36. The van der Waals surface area contributed by atoms with Crippen molar-refractivity contribution in [1.82, 2.24) is 0 Å². The normalized spacial score (nSPS) is 16.8. The van der Waals surface area contributed by atoms with E-state index in [0.717, 1.165) is 17.7 Å². The Hall–Kier alpha value is -2.13. The van der Waals surface area contributed by atoms with E-state index in [4.69, 9.17) is 9.47 Å². The molecule has 1 aliphatic rings. The summed E-state index contributed by atoms with van der Waals surface area (Å²) >= 11 is 0. The monoisotopic (exact) mass is 324 g/mol. The number of ether oxygens (including phenoxy) is 2. The molecule has 126 valence electrons. The van der Waals surface area contributed by atoms with Crippen LogP contribution in [0.4, 0.5) is 0 Å². The zero-order valence-corrected chi connectivity index (χ0v) is 14.8. The van der Waals surface area contributed by atoms with E-state index in [-0.39, 0.29) is 17.3 Å². The molecule has 3 heteroatoms. The van der Waals surface area contributed by atoms with Gasteiger partial charge in [0.15, 0.2) is 5.78 Å². The summed E-state index contributed by atoms with van der Waals surface area (Å²) in [5.41, 5.74) is 3.52. The van der Waals surface area contributed by atoms with Crippen molar-refractivity contribution < 1.29 is 14.3 Å². The van der Waals surface area contributed by atoms with Gasteiger partial charge >= 0.3 is 0 Å². The van der Waals surface area contributed by atoms with Gasteiger partial charge in [0.1, 0.15) is 18.5 Å². The van der Waals surface area contributed by atoms with Crippen molar-refractivity contribution >= 4 is 5.78 Å². The van der Waals surface area contributed by atoms with Crippen LogP contribution in [-0.4, -0.2) is 25.1 Å². The Kier molecular flexibility index (Phi) is 4.46. The van der Waals surface area contributed by atoms with E-state index in [2.05, 4.69) is 26.8 Å². The number of hydrogen-bond acceptors (Lipinski definition) is 3. The summed E-state index contributed by atoms with van der Waals surface area (Å²) in [6, 6.07) is 13.6. The molecule has 3 nitrogen and oxygen atoms in total. The lowest BCUT2D eigenvalue weighted by Gasteiger charge is -2.19. The van der Waals surface area contributed by atoms with Gasteiger partial charge in [-0.1, -0.05) is 45.0 Å². The van der Waals surface area contributed by atoms with Crippen LogP contribution >= 0.6 is 0 Å². The van der Waals surface area contributed by atoms with Crippen molar-refractivity contribution in [2.75, 3.05) is 13.2 Å². The van der Waals surface area contributed by atoms with Crippen LogP contribution in [0.25, 0.3) is 0 Å². The minimum Gasteiger partial charge on any atom is -0.490 e. The summed E-state index contributed by atoms with van der Waals surface area (Å²) in [6.45, 7) is 9.66. The number of ketones is 1. The second kappa shape index (κ2) is 6.40. The fourth-order valence-corrected chi connectivity index (χ4v) is 2.57. The van der Waals surface area contributed by atoms with Crippen LogP contribution in [0.1, 0.15) is 47.8 Å². The fraction of sp³-hybridized carbons (Fsp3) is 0.381. The van der Waals surface area contributed by atoms with Gasteiger partial charge in [-0.2, -0.15) is 0 Å². The van der Waals surface area contributed by atoms with Crippen molar-refractivity contribution in [3.8, 4) is 5.75 Å². The minimum atomic E-state index is -0.00665. The van der Waals surface area contributed by atoms with Crippen LogP contribution in [0.2, 0.25) is 0 Å². The number of benzene rings is 2. The lowest BCUT2D eigenvalue weighted by Crippen LogP contribution is -2.13. The van der Waals surface area contributed by atoms with E-state index in [9.17, 15) is 4.79 Å². The first-order valence-electron chi connectivity index (χ1n) is 8.35. The van der Waals surface area contributed by atoms with Gasteiger partial charge in [-0.05, 0) is 41.7 Å². The summed E-state index contributed by atoms with van der Waals surface area (Å²) in [5.74, 6) is 0.629. The van der Waals surface area contributed by atoms with Crippen LogP contribution in [0.5, 0.6) is 5.75 Å². The number of aryl methyl sites for hydroxylation is 1. The molecule has 2 aromatic rings. The molecule has 0 bridgehead atoms. The lowest BCUT2D eigenvalue weighted by atomic mass is 9.85. The Labute approximate surface area is 143 Å². The van der Waals surface area contributed by atoms with E-state index in [1.54, 1.807) is 0 Å². The molecule has 0 amide bonds. The highest BCUT2D eigenvalue weighted by Gasteiger charge is 2.25. The first-order valence-corrected chi connectivity index (χ1v) is 8.35. The van der Waals surface area contributed by atoms with E-state index in [1.165, 1.54) is 0 Å². The third-order valence-corrected chi connectivity index (χ3v) is 4.20. The van der Waals surface area contributed by atoms with Gasteiger partial charge in [0.2, 0.25) is 0 Å². The minimum absolute atomic E-state index is 0.00616. The molecule has 1 atom stereocenters. The van der Waals surface area contributed by atoms with Crippen molar-refractivity contribution in [2.45, 2.75) is 39.2 Å². The predicted molar refractivity (Wildman–Crippen MR) is 95.0 cm³/mol. The molecule has 1 aliphatic heterocycles. The summed E-state index contributed by atoms with van der Waals surface area (Å²) < 4.78 is 11.0. The van der Waals surface area contributed by atoms with Gasteiger partial charge in [0, 0.05) is 5.56 Å². The highest BCUT2D eigenvalue weighted by molar-refractivity contribution is 6.10. The Bertz CT molecular complexity index is 752. The van der Waals surface area contributed by atoms with Crippen molar-refractivity contribution in [3.05, 3.63) is 64.7 Å². The third-order valence-electron chi connectivity index (χ3n) is 4.20. The SMILES string of the molecule is Cc1ccc(C(=O)c2cccc(C(C)(C)C)c2)c(OCC2CO2)c1. The fourth-order valence-electron chi connectivity index (χ4n) is 2.57. The van der Waals surface area contributed by atoms with E-state index in [1.807, 2.05) is 43.3 Å². The Morgan fingerprint density at radius 2 is 1.96 bits per heavy atom. The van der Waals surface area contributed by atoms with Crippen LogP contribution in [0.3, 0.4) is 0 Å². The molecule has 3 rings (SSSR count). The first kappa shape index (κ1) is 16.7. The van der Waals surface area contributed by atoms with E-state index < -0.39 is 0 Å². The zero-order chi connectivity index (χ0) is 17.3. The Morgan fingerprint density at radius 1 is 1.21 bits per heavy atom. The van der Waals surface area contributed by atoms with E-state index in [0.29, 0.717) is 23.5 Å². The van der Waals surface area contributed by atoms with Gasteiger partial charge in [-0.3, -0.25) is 4.79 Å². The standard InChI is InChI=1S/C21H24O3/c1-14-8-9-18(19(10-14)24-13-17-12-23-17)20(22)15-6-5-7-16(11-15)21(2,3)4/h5-11,17H,12-13H2,1-4H3. The van der Waals surface area contributed by atoms with Crippen molar-refractivity contribution in [3.63, 3.8) is 0 Å². The topological polar surface area (TPSA) is 38.8 Å². The molecule has 1 unspecified atom stereocenters. The second-order valence-electron chi connectivity index (χ2n) is 7.43. The molecule has 1 heterocycles. The summed E-state index contributed by atoms with van der Waals surface area (Å²) in [5, 5.41) is 0. The molecule has 1 saturated heterocycles. The van der Waals surface area contributed by atoms with Crippen LogP contribution in [0, 0.1) is 6.92 Å². The molecular formula is C21H24O3. The number of carbonyl (C=O) groups excluding carboxylic acids is 1. The van der Waals surface area contributed by atoms with Crippen molar-refractivity contribution in [1.29, 1.82) is 0 Å². The molecule has 1 fully saturated rings. The highest BCUT2D eigenvalue weighted by atomic mass is 16.6. The summed E-state index contributed by atoms with van der Waals surface area (Å²) in [4.78, 5) is 13.0. The maximum absolute atomic E-state index is 13.0. The summed E-state index contributed by atoms with van der Waals surface area (Å²) in [6.07, 6.45) is 0.165. The van der Waals surface area contributed by atoms with Crippen LogP contribution < -0.4 is 4.74 Å². The Balaban J connectivity index is 1.91. The molecule has 0 aliphatic carbocycles. The molecule has 0 spiro atoms.